The van der Waals surface area contributed by atoms with Crippen molar-refractivity contribution >= 4 is 43.2 Å². The number of hydrogen-bond acceptors (Lipinski definition) is 4. The molecule has 10 heteroatoms. The summed E-state index contributed by atoms with van der Waals surface area (Å²) in [6.45, 7) is 0. The van der Waals surface area contributed by atoms with Crippen LogP contribution >= 0.6 is 23.2 Å². The van der Waals surface area contributed by atoms with Crippen LogP contribution in [-0.4, -0.2) is 16.8 Å². The third kappa shape index (κ3) is 2.84. The second-order valence-corrected chi connectivity index (χ2v) is 6.68. The molecule has 0 amide bonds. The highest BCUT2D eigenvalue weighted by atomic mass is 35.5. The Bertz CT molecular complexity index is 585. The van der Waals surface area contributed by atoms with Crippen molar-refractivity contribution in [1.29, 1.82) is 0 Å². The monoisotopic (exact) mass is 304 g/mol. The molecule has 0 saturated carbocycles. The molecule has 4 N–H and O–H groups in total. The summed E-state index contributed by atoms with van der Waals surface area (Å²) in [5.74, 6) is 0. The minimum absolute atomic E-state index is 0.278. The van der Waals surface area contributed by atoms with Crippen molar-refractivity contribution in [2.75, 3.05) is 0 Å². The van der Waals surface area contributed by atoms with Gasteiger partial charge < -0.3 is 0 Å². The molecule has 6 nitrogen and oxygen atoms in total. The molecule has 16 heavy (non-hydrogen) atoms. The van der Waals surface area contributed by atoms with E-state index in [0.29, 0.717) is 0 Å². The maximum Gasteiger partial charge on any atom is 0.239 e. The minimum atomic E-state index is -4.14. The normalized spacial score (nSPS) is 12.8. The van der Waals surface area contributed by atoms with Gasteiger partial charge in [0.25, 0.3) is 0 Å². The van der Waals surface area contributed by atoms with Gasteiger partial charge in [-0.3, -0.25) is 0 Å². The molecule has 90 valence electrons. The van der Waals surface area contributed by atoms with Crippen LogP contribution in [0.1, 0.15) is 0 Å². The van der Waals surface area contributed by atoms with E-state index in [0.717, 1.165) is 12.1 Å². The summed E-state index contributed by atoms with van der Waals surface area (Å²) in [5.41, 5.74) is 0. The Labute approximate surface area is 102 Å². The van der Waals surface area contributed by atoms with Gasteiger partial charge in [-0.15, -0.1) is 0 Å². The van der Waals surface area contributed by atoms with Crippen LogP contribution in [0.4, 0.5) is 0 Å². The van der Waals surface area contributed by atoms with Crippen LogP contribution in [0.25, 0.3) is 0 Å². The quantitative estimate of drug-likeness (QED) is 0.815. The Hall–Kier alpha value is -0.380. The van der Waals surface area contributed by atoms with Crippen molar-refractivity contribution in [2.24, 2.45) is 10.3 Å². The summed E-state index contributed by atoms with van der Waals surface area (Å²) in [5, 5.41) is 9.10. The second-order valence-electron chi connectivity index (χ2n) is 2.80. The lowest BCUT2D eigenvalue weighted by Crippen LogP contribution is -2.17. The van der Waals surface area contributed by atoms with Gasteiger partial charge in [0.1, 0.15) is 9.79 Å². The lowest BCUT2D eigenvalue weighted by Gasteiger charge is -2.06. The van der Waals surface area contributed by atoms with Crippen molar-refractivity contribution in [3.8, 4) is 0 Å². The SMILES string of the molecule is NS(=O)(=O)c1cc(S(N)(=O)=O)c(Cl)cc1Cl. The molecule has 1 rings (SSSR count). The molecular formula is C6H6Cl2N2O4S2. The Morgan fingerprint density at radius 2 is 1.12 bits per heavy atom. The number of hydrogen-bond donors (Lipinski definition) is 2. The third-order valence-corrected chi connectivity index (χ3v) is 4.35. The zero-order valence-electron chi connectivity index (χ0n) is 7.51. The molecule has 0 atom stereocenters. The number of nitrogens with two attached hydrogens (primary N) is 2. The summed E-state index contributed by atoms with van der Waals surface area (Å²) in [6, 6.07) is 1.66. The van der Waals surface area contributed by atoms with E-state index < -0.39 is 29.8 Å². The number of halogens is 2. The van der Waals surface area contributed by atoms with Crippen molar-refractivity contribution in [3.63, 3.8) is 0 Å². The molecule has 1 aromatic carbocycles. The van der Waals surface area contributed by atoms with Crippen molar-refractivity contribution in [3.05, 3.63) is 22.2 Å². The molecule has 0 heterocycles. The Balaban J connectivity index is 3.72. The Morgan fingerprint density at radius 3 is 1.38 bits per heavy atom. The highest BCUT2D eigenvalue weighted by Crippen LogP contribution is 2.29. The fourth-order valence-corrected chi connectivity index (χ4v) is 3.28. The van der Waals surface area contributed by atoms with E-state index in [-0.39, 0.29) is 10.0 Å². The predicted octanol–water partition coefficient (Wildman–Crippen LogP) is 0.288. The molecule has 0 saturated heterocycles. The Morgan fingerprint density at radius 1 is 0.812 bits per heavy atom. The van der Waals surface area contributed by atoms with Gasteiger partial charge in [-0.25, -0.2) is 27.1 Å². The molecule has 0 aromatic heterocycles. The van der Waals surface area contributed by atoms with E-state index in [2.05, 4.69) is 0 Å². The van der Waals surface area contributed by atoms with Gasteiger partial charge in [-0.2, -0.15) is 0 Å². The first-order valence-electron chi connectivity index (χ1n) is 3.58. The van der Waals surface area contributed by atoms with Gasteiger partial charge in [0.15, 0.2) is 0 Å². The van der Waals surface area contributed by atoms with Crippen LogP contribution in [0, 0.1) is 0 Å². The number of sulfonamides is 2. The topological polar surface area (TPSA) is 120 Å². The number of benzene rings is 1. The number of rotatable bonds is 2. The highest BCUT2D eigenvalue weighted by molar-refractivity contribution is 7.90. The molecule has 0 radical (unpaired) electrons. The zero-order valence-corrected chi connectivity index (χ0v) is 10.7. The first kappa shape index (κ1) is 13.7. The summed E-state index contributed by atoms with van der Waals surface area (Å²) >= 11 is 11.1. The van der Waals surface area contributed by atoms with E-state index in [1.54, 1.807) is 0 Å². The molecule has 1 aromatic rings. The first-order valence-corrected chi connectivity index (χ1v) is 7.43. The summed E-state index contributed by atoms with van der Waals surface area (Å²) in [6.07, 6.45) is 0. The molecule has 0 spiro atoms. The van der Waals surface area contributed by atoms with E-state index in [4.69, 9.17) is 33.5 Å². The molecule has 0 aliphatic carbocycles. The molecular weight excluding hydrogens is 299 g/mol. The van der Waals surface area contributed by atoms with E-state index in [1.807, 2.05) is 0 Å². The smallest absolute Gasteiger partial charge is 0.225 e. The maximum atomic E-state index is 11.1. The van der Waals surface area contributed by atoms with Crippen LogP contribution in [0.3, 0.4) is 0 Å². The largest absolute Gasteiger partial charge is 0.239 e. The Kier molecular flexibility index (Phi) is 3.53. The summed E-state index contributed by atoms with van der Waals surface area (Å²) < 4.78 is 44.2. The van der Waals surface area contributed by atoms with Crippen molar-refractivity contribution < 1.29 is 16.8 Å². The van der Waals surface area contributed by atoms with Crippen LogP contribution in [0.5, 0.6) is 0 Å². The zero-order chi connectivity index (χ0) is 12.7. The summed E-state index contributed by atoms with van der Waals surface area (Å²) in [7, 11) is -8.29. The van der Waals surface area contributed by atoms with E-state index >= 15 is 0 Å². The second kappa shape index (κ2) is 4.13. The maximum absolute atomic E-state index is 11.1. The molecule has 0 bridgehead atoms. The number of primary sulfonamides is 2. The fraction of sp³-hybridized carbons (Fsp3) is 0. The van der Waals surface area contributed by atoms with Gasteiger partial charge in [0.2, 0.25) is 20.0 Å². The lowest BCUT2D eigenvalue weighted by molar-refractivity contribution is 0.596. The van der Waals surface area contributed by atoms with E-state index in [1.165, 1.54) is 0 Å². The standard InChI is InChI=1S/C6H6Cl2N2O4S2/c7-3-1-4(8)6(16(10,13)14)2-5(3)15(9,11)12/h1-2H,(H2,9,11,12)(H2,10,13,14). The van der Waals surface area contributed by atoms with Crippen LogP contribution in [-0.2, 0) is 20.0 Å². The van der Waals surface area contributed by atoms with Gasteiger partial charge in [0, 0.05) is 0 Å². The molecule has 0 aliphatic heterocycles. The molecule has 0 aliphatic rings. The van der Waals surface area contributed by atoms with Crippen LogP contribution < -0.4 is 10.3 Å². The van der Waals surface area contributed by atoms with Gasteiger partial charge in [-0.05, 0) is 12.1 Å². The molecule has 0 unspecified atom stereocenters. The average molecular weight is 305 g/mol. The third-order valence-electron chi connectivity index (χ3n) is 1.60. The van der Waals surface area contributed by atoms with Gasteiger partial charge in [0.05, 0.1) is 10.0 Å². The molecule has 0 fully saturated rings. The van der Waals surface area contributed by atoms with Gasteiger partial charge >= 0.3 is 0 Å². The predicted molar refractivity (Wildman–Crippen MR) is 59.2 cm³/mol. The van der Waals surface area contributed by atoms with Crippen LogP contribution in [0.2, 0.25) is 10.0 Å². The van der Waals surface area contributed by atoms with Crippen molar-refractivity contribution in [1.82, 2.24) is 0 Å². The van der Waals surface area contributed by atoms with E-state index in [9.17, 15) is 16.8 Å². The summed E-state index contributed by atoms with van der Waals surface area (Å²) in [4.78, 5) is -1.11. The fourth-order valence-electron chi connectivity index (χ4n) is 0.947. The van der Waals surface area contributed by atoms with Crippen molar-refractivity contribution in [2.45, 2.75) is 9.79 Å². The minimum Gasteiger partial charge on any atom is -0.225 e. The average Bonchev–Trinajstić information content (AvgIpc) is 1.97. The van der Waals surface area contributed by atoms with Crippen LogP contribution in [0.15, 0.2) is 21.9 Å². The highest BCUT2D eigenvalue weighted by Gasteiger charge is 2.21. The van der Waals surface area contributed by atoms with Gasteiger partial charge in [-0.1, -0.05) is 23.2 Å². The lowest BCUT2D eigenvalue weighted by atomic mass is 10.3. The first-order chi connectivity index (χ1) is 7.03.